The minimum Gasteiger partial charge on any atom is -0.376 e. The normalized spacial score (nSPS) is 24.8. The maximum absolute atomic E-state index is 7.21. The van der Waals surface area contributed by atoms with Gasteiger partial charge in [0.2, 0.25) is 0 Å². The quantitative estimate of drug-likeness (QED) is 0.0960. The molecule has 0 N–H and O–H groups in total. The topological polar surface area (TPSA) is 85.5 Å². The van der Waals surface area contributed by atoms with Crippen LogP contribution in [0.1, 0.15) is 168 Å². The van der Waals surface area contributed by atoms with Gasteiger partial charge in [-0.05, 0) is 149 Å². The molecule has 0 aliphatic carbocycles. The Kier molecular flexibility index (Phi) is 27.5. The predicted molar refractivity (Wildman–Crippen MR) is 325 cm³/mol. The second-order valence-corrected chi connectivity index (χ2v) is 26.4. The zero-order chi connectivity index (χ0) is 57.1. The average molecular weight is 1080 g/mol. The van der Waals surface area contributed by atoms with Crippen LogP contribution in [-0.2, 0) is 44.9 Å². The van der Waals surface area contributed by atoms with Crippen molar-refractivity contribution in [2.24, 2.45) is 23.7 Å². The van der Waals surface area contributed by atoms with Gasteiger partial charge in [0.05, 0.1) is 76.3 Å². The molecule has 8 atom stereocenters. The molecule has 78 heavy (non-hydrogen) atoms. The van der Waals surface area contributed by atoms with E-state index in [1.54, 1.807) is 0 Å². The summed E-state index contributed by atoms with van der Waals surface area (Å²) in [6.45, 7) is 39.5. The summed E-state index contributed by atoms with van der Waals surface area (Å²) >= 11 is 0. The lowest BCUT2D eigenvalue weighted by atomic mass is 10.0. The number of nitrogens with zero attached hydrogens (tertiary/aromatic N) is 8. The highest BCUT2D eigenvalue weighted by Gasteiger charge is 2.29. The Morgan fingerprint density at radius 1 is 0.410 bits per heavy atom. The lowest BCUT2D eigenvalue weighted by Gasteiger charge is -2.37. The van der Waals surface area contributed by atoms with E-state index < -0.39 is 0 Å². The van der Waals surface area contributed by atoms with Crippen LogP contribution in [0.25, 0.3) is 0 Å². The molecule has 0 radical (unpaired) electrons. The molecule has 1 aliphatic rings. The number of hydrogen-bond donors (Lipinski definition) is 0. The van der Waals surface area contributed by atoms with E-state index in [2.05, 4.69) is 225 Å². The summed E-state index contributed by atoms with van der Waals surface area (Å²) in [7, 11) is 9.13. The van der Waals surface area contributed by atoms with E-state index in [1.807, 2.05) is 12.4 Å². The number of ether oxygens (including phenoxy) is 4. The number of likely N-dealkylation sites (N-methyl/N-ethyl adjacent to an activating group) is 4. The highest BCUT2D eigenvalue weighted by molar-refractivity contribution is 5.25. The lowest BCUT2D eigenvalue weighted by molar-refractivity contribution is -0.0536. The van der Waals surface area contributed by atoms with Crippen LogP contribution < -0.4 is 0 Å². The van der Waals surface area contributed by atoms with Crippen molar-refractivity contribution in [1.29, 1.82) is 0 Å². The van der Waals surface area contributed by atoms with E-state index >= 15 is 0 Å². The first-order chi connectivity index (χ1) is 37.0. The van der Waals surface area contributed by atoms with Gasteiger partial charge in [-0.3, -0.25) is 29.0 Å². The monoisotopic (exact) mass is 1080 g/mol. The third-order valence-corrected chi connectivity index (χ3v) is 16.0. The maximum atomic E-state index is 7.21. The molecule has 12 nitrogen and oxygen atoms in total. The fourth-order valence-electron chi connectivity index (χ4n) is 11.2. The first-order valence-electron chi connectivity index (χ1n) is 30.5. The predicted octanol–water partition coefficient (Wildman–Crippen LogP) is 12.2. The summed E-state index contributed by atoms with van der Waals surface area (Å²) in [5, 5.41) is 9.31. The largest absolute Gasteiger partial charge is 0.376 e. The summed E-state index contributed by atoms with van der Waals surface area (Å²) < 4.78 is 32.4. The molecule has 440 valence electrons. The van der Waals surface area contributed by atoms with Crippen LogP contribution in [0.2, 0.25) is 0 Å². The zero-order valence-corrected chi connectivity index (χ0v) is 52.5. The van der Waals surface area contributed by atoms with Gasteiger partial charge in [0, 0.05) is 62.7 Å². The highest BCUT2D eigenvalue weighted by atomic mass is 16.5. The Hall–Kier alpha value is -3.46. The Labute approximate surface area is 476 Å². The summed E-state index contributed by atoms with van der Waals surface area (Å²) in [6, 6.07) is 19.3. The van der Waals surface area contributed by atoms with E-state index in [1.165, 1.54) is 33.4 Å². The van der Waals surface area contributed by atoms with Crippen LogP contribution >= 0.6 is 0 Å². The Morgan fingerprint density at radius 3 is 0.974 bits per heavy atom. The fraction of sp³-hybridized carbons (Fsp3) is 0.727. The van der Waals surface area contributed by atoms with Gasteiger partial charge in [-0.15, -0.1) is 0 Å². The molecular weight excluding hydrogens is 969 g/mol. The van der Waals surface area contributed by atoms with Gasteiger partial charge < -0.3 is 18.9 Å². The molecular formula is C66H112N8O4. The van der Waals surface area contributed by atoms with Crippen LogP contribution in [-0.4, -0.2) is 169 Å². The smallest absolute Gasteiger partial charge is 0.0743 e. The van der Waals surface area contributed by atoms with Crippen LogP contribution in [0, 0.1) is 23.7 Å². The van der Waals surface area contributed by atoms with Crippen molar-refractivity contribution in [3.8, 4) is 0 Å². The summed E-state index contributed by atoms with van der Waals surface area (Å²) in [5.74, 6) is 3.02. The standard InChI is InChI=1S/C66H112N8O4/c1-47(2)27-61-43-75-53(13)35-69(15)64(30-50(7)8)46-78-66(32-56-21-25-58(26-22-56)38-74-40-60(34-68-74)52(11)12)42-72(18)62(28-48(3)4)44-76-54(14)36-70(16)63(29-49(5)6)45-77-65(41-71(61)17)31-55-19-23-57(24-20-55)37-73-39-59(33-67-73)51(9)10/h19-26,33-34,39-40,47-54,61-66H,27-32,35-38,41-46H2,1-18H3/t53-,54-,61+,62+,63+,64+,65-,66-/m1/s1. The number of hydrogen-bond acceptors (Lipinski definition) is 10. The number of rotatable bonds is 18. The van der Waals surface area contributed by atoms with Crippen LogP contribution in [0.4, 0.5) is 0 Å². The third-order valence-electron chi connectivity index (χ3n) is 16.0. The molecule has 2 aromatic carbocycles. The summed E-state index contributed by atoms with van der Waals surface area (Å²) in [5.41, 5.74) is 7.63. The van der Waals surface area contributed by atoms with Gasteiger partial charge in [0.1, 0.15) is 0 Å². The SMILES string of the molecule is CC(C)C[C@H]1CO[C@H](C)CN(C)[C@@H](CC(C)C)CO[C@H](Cc2ccc(Cn3cc(C(C)C)cn3)cc2)CN(C)[C@@H](CC(C)C)CO[C@H](C)CN(C)[C@@H](CC(C)C)CO[C@H](Cc2ccc(Cn3cc(C(C)C)cn3)cc2)CN1C. The van der Waals surface area contributed by atoms with Crippen molar-refractivity contribution in [2.75, 3.05) is 80.8 Å². The van der Waals surface area contributed by atoms with Gasteiger partial charge in [-0.2, -0.15) is 10.2 Å². The van der Waals surface area contributed by atoms with Crippen LogP contribution in [0.3, 0.4) is 0 Å². The summed E-state index contributed by atoms with van der Waals surface area (Å²) in [6.07, 6.45) is 14.3. The molecule has 1 saturated heterocycles. The molecule has 0 bridgehead atoms. The molecule has 1 fully saturated rings. The zero-order valence-electron chi connectivity index (χ0n) is 52.5. The Bertz CT molecular complexity index is 2050. The average Bonchev–Trinajstić information content (AvgIpc) is 4.05. The third kappa shape index (κ3) is 23.2. The molecule has 4 aromatic rings. The first kappa shape index (κ1) is 65.4. The van der Waals surface area contributed by atoms with Gasteiger partial charge in [0.25, 0.3) is 0 Å². The second-order valence-electron chi connectivity index (χ2n) is 26.4. The lowest BCUT2D eigenvalue weighted by Crippen LogP contribution is -2.47. The highest BCUT2D eigenvalue weighted by Crippen LogP contribution is 2.23. The maximum Gasteiger partial charge on any atom is 0.0743 e. The molecule has 0 spiro atoms. The molecule has 0 amide bonds. The molecule has 1 aliphatic heterocycles. The van der Waals surface area contributed by atoms with Gasteiger partial charge in [-0.1, -0.05) is 132 Å². The van der Waals surface area contributed by atoms with Crippen molar-refractivity contribution < 1.29 is 18.9 Å². The van der Waals surface area contributed by atoms with Crippen molar-refractivity contribution in [3.63, 3.8) is 0 Å². The molecule has 12 heteroatoms. The van der Waals surface area contributed by atoms with Crippen molar-refractivity contribution in [1.82, 2.24) is 39.2 Å². The molecule has 3 heterocycles. The molecule has 2 aromatic heterocycles. The van der Waals surface area contributed by atoms with E-state index in [0.29, 0.717) is 61.9 Å². The van der Waals surface area contributed by atoms with Crippen LogP contribution in [0.5, 0.6) is 0 Å². The van der Waals surface area contributed by atoms with E-state index in [9.17, 15) is 0 Å². The van der Waals surface area contributed by atoms with E-state index in [-0.39, 0.29) is 48.6 Å². The summed E-state index contributed by atoms with van der Waals surface area (Å²) in [4.78, 5) is 10.1. The van der Waals surface area contributed by atoms with Crippen molar-refractivity contribution in [2.45, 2.75) is 209 Å². The Morgan fingerprint density at radius 2 is 0.692 bits per heavy atom. The number of aromatic nitrogens is 4. The fourth-order valence-corrected chi connectivity index (χ4v) is 11.2. The minimum absolute atomic E-state index is 0.000678. The van der Waals surface area contributed by atoms with Crippen molar-refractivity contribution in [3.05, 3.63) is 107 Å². The van der Waals surface area contributed by atoms with Gasteiger partial charge in [-0.25, -0.2) is 0 Å². The number of benzene rings is 2. The second kappa shape index (κ2) is 32.8. The van der Waals surface area contributed by atoms with E-state index in [4.69, 9.17) is 18.9 Å². The van der Waals surface area contributed by atoms with Crippen LogP contribution in [0.15, 0.2) is 73.3 Å². The molecule has 0 saturated carbocycles. The van der Waals surface area contributed by atoms with E-state index in [0.717, 1.165) is 77.8 Å². The van der Waals surface area contributed by atoms with Gasteiger partial charge >= 0.3 is 0 Å². The molecule has 5 rings (SSSR count). The first-order valence-corrected chi connectivity index (χ1v) is 30.5. The van der Waals surface area contributed by atoms with Gasteiger partial charge in [0.15, 0.2) is 0 Å². The van der Waals surface area contributed by atoms with Crippen molar-refractivity contribution >= 4 is 0 Å². The minimum atomic E-state index is -0.000678. The Balaban J connectivity index is 1.40. The molecule has 0 unspecified atom stereocenters.